The van der Waals surface area contributed by atoms with Crippen LogP contribution in [0.3, 0.4) is 0 Å². The van der Waals surface area contributed by atoms with E-state index in [0.717, 1.165) is 6.07 Å². The first-order valence-electron chi connectivity index (χ1n) is 12.6. The minimum Gasteiger partial charge on any atom is -0.507 e. The molecule has 0 aliphatic rings. The van der Waals surface area contributed by atoms with Crippen molar-refractivity contribution in [3.63, 3.8) is 0 Å². The van der Waals surface area contributed by atoms with Crippen molar-refractivity contribution >= 4 is 13.0 Å². The number of hydrogen-bond donors (Lipinski definition) is 1. The molecule has 8 nitrogen and oxygen atoms in total. The summed E-state index contributed by atoms with van der Waals surface area (Å²) in [5.74, 6) is -0.489. The van der Waals surface area contributed by atoms with E-state index >= 15 is 0 Å². The van der Waals surface area contributed by atoms with Gasteiger partial charge in [0.15, 0.2) is 0 Å². The molecular formula is C27H44F3N5O3. The number of aldehydes is 1. The average Bonchev–Trinajstić information content (AvgIpc) is 2.86. The third kappa shape index (κ3) is 14.0. The summed E-state index contributed by atoms with van der Waals surface area (Å²) in [5, 5.41) is 13.7. The van der Waals surface area contributed by atoms with Crippen molar-refractivity contribution in [1.29, 1.82) is 0 Å². The molecule has 0 unspecified atom stereocenters. The summed E-state index contributed by atoms with van der Waals surface area (Å²) in [7, 11) is 3.65. The topological polar surface area (TPSA) is 92.3 Å². The van der Waals surface area contributed by atoms with Crippen LogP contribution in [0.2, 0.25) is 0 Å². The molecule has 0 atom stereocenters. The molecule has 0 fully saturated rings. The summed E-state index contributed by atoms with van der Waals surface area (Å²) >= 11 is 0. The molecule has 1 N–H and O–H groups in total. The zero-order valence-corrected chi connectivity index (χ0v) is 24.0. The summed E-state index contributed by atoms with van der Waals surface area (Å²) in [6, 6.07) is 3.19. The molecule has 0 bridgehead atoms. The quantitative estimate of drug-likeness (QED) is 0.330. The van der Waals surface area contributed by atoms with E-state index in [9.17, 15) is 23.1 Å². The third-order valence-electron chi connectivity index (χ3n) is 4.59. The second-order valence-electron chi connectivity index (χ2n) is 7.68. The van der Waals surface area contributed by atoms with Crippen LogP contribution in [0, 0.1) is 6.92 Å². The number of carbonyl (C=O) groups excluding carboxylic acids is 1. The van der Waals surface area contributed by atoms with Gasteiger partial charge in [-0.1, -0.05) is 27.7 Å². The average molecular weight is 544 g/mol. The lowest BCUT2D eigenvalue weighted by Gasteiger charge is -2.13. The molecular weight excluding hydrogens is 499 g/mol. The zero-order valence-electron chi connectivity index (χ0n) is 24.0. The van der Waals surface area contributed by atoms with Gasteiger partial charge in [0, 0.05) is 32.1 Å². The lowest BCUT2D eigenvalue weighted by Crippen LogP contribution is -2.21. The van der Waals surface area contributed by atoms with Crippen LogP contribution < -0.4 is 5.62 Å². The Morgan fingerprint density at radius 3 is 2.13 bits per heavy atom. The highest BCUT2D eigenvalue weighted by atomic mass is 19.4. The van der Waals surface area contributed by atoms with Gasteiger partial charge >= 0.3 is 6.18 Å². The molecule has 1 aromatic carbocycles. The SMILES string of the molecule is C=Nn1ccc(-c2c(C)cc(C(F)(F)F)cc2O)nc1=NCC.CC.CCCN(C)CCC.COCC=O. The molecule has 1 aromatic heterocycles. The van der Waals surface area contributed by atoms with E-state index in [4.69, 9.17) is 0 Å². The van der Waals surface area contributed by atoms with Gasteiger partial charge in [-0.15, -0.1) is 0 Å². The molecule has 2 aromatic rings. The number of nitrogens with zero attached hydrogens (tertiary/aromatic N) is 5. The van der Waals surface area contributed by atoms with Gasteiger partial charge in [-0.25, -0.2) is 14.7 Å². The van der Waals surface area contributed by atoms with Gasteiger partial charge in [0.2, 0.25) is 5.62 Å². The monoisotopic (exact) mass is 543 g/mol. The Balaban J connectivity index is 0. The zero-order chi connectivity index (χ0) is 29.7. The maximum Gasteiger partial charge on any atom is 0.416 e. The van der Waals surface area contributed by atoms with Crippen molar-refractivity contribution in [3.8, 4) is 17.0 Å². The fourth-order valence-electron chi connectivity index (χ4n) is 3.11. The van der Waals surface area contributed by atoms with Crippen molar-refractivity contribution in [2.75, 3.05) is 40.4 Å². The Morgan fingerprint density at radius 2 is 1.76 bits per heavy atom. The van der Waals surface area contributed by atoms with Gasteiger partial charge in [-0.3, -0.25) is 0 Å². The lowest BCUT2D eigenvalue weighted by molar-refractivity contribution is -0.137. The predicted octanol–water partition coefficient (Wildman–Crippen LogP) is 5.56. The second-order valence-corrected chi connectivity index (χ2v) is 7.68. The number of halogens is 3. The maximum atomic E-state index is 12.8. The first-order chi connectivity index (χ1) is 18.0. The third-order valence-corrected chi connectivity index (χ3v) is 4.59. The van der Waals surface area contributed by atoms with Gasteiger partial charge in [0.25, 0.3) is 0 Å². The molecule has 38 heavy (non-hydrogen) atoms. The fraction of sp³-hybridized carbons (Fsp3) is 0.556. The van der Waals surface area contributed by atoms with Crippen LogP contribution in [-0.4, -0.2) is 73.1 Å². The number of alkyl halides is 3. The molecule has 216 valence electrons. The highest BCUT2D eigenvalue weighted by Crippen LogP contribution is 2.38. The number of benzene rings is 1. The molecule has 0 spiro atoms. The van der Waals surface area contributed by atoms with Gasteiger partial charge in [0.1, 0.15) is 18.6 Å². The molecule has 0 aliphatic heterocycles. The summed E-state index contributed by atoms with van der Waals surface area (Å²) in [4.78, 5) is 20.0. The largest absolute Gasteiger partial charge is 0.507 e. The van der Waals surface area contributed by atoms with Crippen molar-refractivity contribution < 1.29 is 27.8 Å². The Bertz CT molecular complexity index is 979. The van der Waals surface area contributed by atoms with E-state index in [0.29, 0.717) is 24.6 Å². The highest BCUT2D eigenvalue weighted by molar-refractivity contribution is 5.71. The summed E-state index contributed by atoms with van der Waals surface area (Å²) < 4.78 is 44.0. The maximum absolute atomic E-state index is 12.8. The lowest BCUT2D eigenvalue weighted by atomic mass is 10.0. The number of aromatic hydroxyl groups is 1. The van der Waals surface area contributed by atoms with Crippen molar-refractivity contribution in [2.45, 2.75) is 60.6 Å². The van der Waals surface area contributed by atoms with Crippen LogP contribution in [0.15, 0.2) is 34.5 Å². The number of carbonyl (C=O) groups is 1. The standard InChI is InChI=1S/C15H15F3N4O.C7H17N.C3H6O2.C2H6/c1-4-20-14-21-11(5-6-22(14)19-3)13-9(2)7-10(8-12(13)23)15(16,17)18;1-4-6-8(3)7-5-2;1-5-3-2-4;1-2/h5-8,23H,3-4H2,1-2H3;4-7H2,1-3H3;2H,3H2,1H3;1-2H3. The second kappa shape index (κ2) is 20.9. The van der Waals surface area contributed by atoms with E-state index < -0.39 is 17.5 Å². The first-order valence-corrected chi connectivity index (χ1v) is 12.6. The van der Waals surface area contributed by atoms with E-state index in [2.05, 4.69) is 52.3 Å². The molecule has 1 heterocycles. The number of phenolic OH excluding ortho intramolecular Hbond substituents is 1. The highest BCUT2D eigenvalue weighted by Gasteiger charge is 2.32. The number of aromatic nitrogens is 2. The molecule has 11 heteroatoms. The minimum atomic E-state index is -4.52. The van der Waals surface area contributed by atoms with Crippen LogP contribution in [0.4, 0.5) is 13.2 Å². The Kier molecular flexibility index (Phi) is 20.5. The molecule has 0 saturated heterocycles. The number of hydrogen-bond acceptors (Lipinski definition) is 7. The summed E-state index contributed by atoms with van der Waals surface area (Å²) in [6.45, 7) is 18.3. The number of phenols is 1. The van der Waals surface area contributed by atoms with E-state index in [1.807, 2.05) is 20.8 Å². The fourth-order valence-corrected chi connectivity index (χ4v) is 3.11. The van der Waals surface area contributed by atoms with Crippen LogP contribution in [0.1, 0.15) is 58.6 Å². The molecule has 0 amide bonds. The van der Waals surface area contributed by atoms with Gasteiger partial charge < -0.3 is 19.5 Å². The Labute approximate surface area is 224 Å². The smallest absolute Gasteiger partial charge is 0.416 e. The number of aryl methyl sites for hydroxylation is 1. The number of rotatable bonds is 9. The van der Waals surface area contributed by atoms with Crippen LogP contribution in [0.25, 0.3) is 11.3 Å². The van der Waals surface area contributed by atoms with E-state index in [-0.39, 0.29) is 23.4 Å². The van der Waals surface area contributed by atoms with Crippen LogP contribution in [0.5, 0.6) is 5.75 Å². The summed E-state index contributed by atoms with van der Waals surface area (Å²) in [5.41, 5.74) is 0.131. The molecule has 0 radical (unpaired) electrons. The van der Waals surface area contributed by atoms with E-state index in [1.165, 1.54) is 56.9 Å². The van der Waals surface area contributed by atoms with Crippen molar-refractivity contribution in [1.82, 2.24) is 14.6 Å². The van der Waals surface area contributed by atoms with Crippen molar-refractivity contribution in [3.05, 3.63) is 41.1 Å². The van der Waals surface area contributed by atoms with Gasteiger partial charge in [-0.2, -0.15) is 18.3 Å². The minimum absolute atomic E-state index is 0.208. The van der Waals surface area contributed by atoms with E-state index in [1.54, 1.807) is 0 Å². The number of methoxy groups -OCH3 is 1. The number of ether oxygens (including phenoxy) is 1. The van der Waals surface area contributed by atoms with Gasteiger partial charge in [0.05, 0.1) is 11.3 Å². The van der Waals surface area contributed by atoms with Crippen molar-refractivity contribution in [2.24, 2.45) is 10.1 Å². The molecule has 0 saturated carbocycles. The first kappa shape index (κ1) is 37.1. The normalized spacial score (nSPS) is 10.9. The summed E-state index contributed by atoms with van der Waals surface area (Å²) in [6.07, 6.45) is 0.261. The Morgan fingerprint density at radius 1 is 1.18 bits per heavy atom. The van der Waals surface area contributed by atoms with Crippen LogP contribution in [-0.2, 0) is 15.7 Å². The van der Waals surface area contributed by atoms with Crippen LogP contribution >= 0.6 is 0 Å². The predicted molar refractivity (Wildman–Crippen MR) is 147 cm³/mol. The molecule has 2 rings (SSSR count). The Hall–Kier alpha value is -3.05. The van der Waals surface area contributed by atoms with Gasteiger partial charge in [-0.05, 0) is 70.6 Å². The molecule has 0 aliphatic carbocycles.